The number of aliphatic imine (C=N–C) groups is 2. The van der Waals surface area contributed by atoms with Crippen LogP contribution in [0.2, 0.25) is 0 Å². The van der Waals surface area contributed by atoms with Gasteiger partial charge in [0.15, 0.2) is 28.8 Å². The van der Waals surface area contributed by atoms with Crippen LogP contribution in [0.5, 0.6) is 23.0 Å². The highest BCUT2D eigenvalue weighted by atomic mass is 16.6. The van der Waals surface area contributed by atoms with Gasteiger partial charge in [-0.15, -0.1) is 0 Å². The monoisotopic (exact) mass is 1520 g/mol. The van der Waals surface area contributed by atoms with Crippen molar-refractivity contribution in [2.24, 2.45) is 15.9 Å². The van der Waals surface area contributed by atoms with Crippen molar-refractivity contribution in [3.05, 3.63) is 106 Å². The summed E-state index contributed by atoms with van der Waals surface area (Å²) in [4.78, 5) is 128. The topological polar surface area (TPSA) is 356 Å². The van der Waals surface area contributed by atoms with Crippen molar-refractivity contribution in [2.75, 3.05) is 159 Å². The van der Waals surface area contributed by atoms with E-state index in [1.54, 1.807) is 98.6 Å². The fourth-order valence-corrected chi connectivity index (χ4v) is 11.8. The number of benzene rings is 3. The largest absolute Gasteiger partial charge is 0.493 e. The van der Waals surface area contributed by atoms with Crippen molar-refractivity contribution in [3.63, 3.8) is 0 Å². The van der Waals surface area contributed by atoms with Gasteiger partial charge in [-0.2, -0.15) is 0 Å². The first kappa shape index (κ1) is 85.1. The van der Waals surface area contributed by atoms with E-state index >= 15 is 0 Å². The van der Waals surface area contributed by atoms with E-state index in [-0.39, 0.29) is 106 Å². The van der Waals surface area contributed by atoms with Crippen molar-refractivity contribution < 1.29 is 105 Å². The van der Waals surface area contributed by atoms with Crippen LogP contribution in [-0.2, 0) is 78.0 Å². The highest BCUT2D eigenvalue weighted by molar-refractivity contribution is 6.13. The summed E-state index contributed by atoms with van der Waals surface area (Å²) >= 11 is 0. The Kier molecular flexibility index (Phi) is 36.0. The van der Waals surface area contributed by atoms with Crippen molar-refractivity contribution in [1.82, 2.24) is 36.0 Å². The van der Waals surface area contributed by atoms with Crippen LogP contribution < -0.4 is 40.2 Å². The predicted octanol–water partition coefficient (Wildman–Crippen LogP) is 6.57. The highest BCUT2D eigenvalue weighted by Gasteiger charge is 2.35. The Labute approximate surface area is 636 Å². The smallest absolute Gasteiger partial charge is 0.407 e. The summed E-state index contributed by atoms with van der Waals surface area (Å²) < 4.78 is 73.9. The minimum atomic E-state index is -0.876. The third kappa shape index (κ3) is 28.2. The Balaban J connectivity index is 0.610. The van der Waals surface area contributed by atoms with E-state index in [4.69, 9.17) is 66.6 Å². The summed E-state index contributed by atoms with van der Waals surface area (Å²) in [6, 6.07) is 12.7. The molecule has 3 aromatic rings. The second kappa shape index (κ2) is 46.1. The minimum Gasteiger partial charge on any atom is -0.493 e. The molecule has 0 bridgehead atoms. The summed E-state index contributed by atoms with van der Waals surface area (Å²) in [5.41, 5.74) is 5.44. The second-order valence-corrected chi connectivity index (χ2v) is 26.6. The number of alkyl carbamates (subject to hydrolysis) is 1. The maximum absolute atomic E-state index is 13.8. The van der Waals surface area contributed by atoms with E-state index in [0.717, 1.165) is 28.9 Å². The van der Waals surface area contributed by atoms with Gasteiger partial charge in [-0.1, -0.05) is 56.2 Å². The first-order valence-electron chi connectivity index (χ1n) is 37.3. The third-order valence-corrected chi connectivity index (χ3v) is 17.8. The molecule has 4 N–H and O–H groups in total. The van der Waals surface area contributed by atoms with Gasteiger partial charge >= 0.3 is 6.09 Å². The van der Waals surface area contributed by atoms with E-state index in [1.807, 2.05) is 26.2 Å². The number of nitrogens with one attached hydrogen (secondary N) is 4. The third-order valence-electron chi connectivity index (χ3n) is 17.8. The Bertz CT molecular complexity index is 3670. The Morgan fingerprint density at radius 2 is 0.982 bits per heavy atom. The molecule has 0 saturated heterocycles. The molecule has 31 nitrogen and oxygen atoms in total. The Morgan fingerprint density at radius 1 is 0.514 bits per heavy atom. The first-order chi connectivity index (χ1) is 52.9. The number of ketones is 1. The maximum atomic E-state index is 13.8. The van der Waals surface area contributed by atoms with Crippen LogP contribution in [0.15, 0.2) is 94.2 Å². The molecule has 8 amide bonds. The molecule has 0 saturated carbocycles. The van der Waals surface area contributed by atoms with Crippen molar-refractivity contribution in [3.8, 4) is 23.0 Å². The number of ether oxygens (including phenoxy) is 13. The Hall–Kier alpha value is -9.47. The highest BCUT2D eigenvalue weighted by Crippen LogP contribution is 2.41. The molecule has 4 atom stereocenters. The number of hydrogen-bond donors (Lipinski definition) is 4. The minimum absolute atomic E-state index is 0.0179. The lowest BCUT2D eigenvalue weighted by Gasteiger charge is -2.22. The molecule has 0 aromatic heterocycles. The first-order valence-corrected chi connectivity index (χ1v) is 37.3. The predicted molar refractivity (Wildman–Crippen MR) is 400 cm³/mol. The number of hydrogen-bond acceptors (Lipinski definition) is 24. The number of carbonyl (C=O) groups excluding carboxylic acids is 9. The SMILES string of the molecule is COc1cc2c(cc1OCCCCCOc1cc3c(cc1OCCCNC(=O)OCc1ccc([C@H](C)C(=O)CNC(=O)[C@@H](NC(=O)CCOCCOCCOCCOCCOCCOCCOCCOCCNC(=O)CCN4C(=O)C=CC4=O)C(C)C)cc1)C(=O)N1C=C(C)CC1C=N3)N=C[C@@H]1CC(C)=CN1C2=O. The molecular weight excluding hydrogens is 1410 g/mol. The van der Waals surface area contributed by atoms with E-state index in [2.05, 4.69) is 26.3 Å². The van der Waals surface area contributed by atoms with Crippen LogP contribution in [-0.4, -0.2) is 257 Å². The Morgan fingerprint density at radius 3 is 1.49 bits per heavy atom. The number of nitrogens with zero attached hydrogens (tertiary/aromatic N) is 5. The number of unbranched alkanes of at least 4 members (excludes halogenated alkanes) is 2. The summed E-state index contributed by atoms with van der Waals surface area (Å²) in [5, 5.41) is 10.9. The number of methoxy groups -OCH3 is 1. The fraction of sp³-hybridized carbons (Fsp3) is 0.551. The van der Waals surface area contributed by atoms with Crippen molar-refractivity contribution >= 4 is 77.0 Å². The van der Waals surface area contributed by atoms with Crippen LogP contribution in [0.25, 0.3) is 0 Å². The van der Waals surface area contributed by atoms with Gasteiger partial charge in [0, 0.05) is 87.5 Å². The number of rotatable bonds is 53. The molecule has 1 unspecified atom stereocenters. The zero-order chi connectivity index (χ0) is 77.7. The van der Waals surface area contributed by atoms with Gasteiger partial charge in [0.25, 0.3) is 23.6 Å². The summed E-state index contributed by atoms with van der Waals surface area (Å²) in [7, 11) is 1.54. The lowest BCUT2D eigenvalue weighted by Crippen LogP contribution is -2.51. The van der Waals surface area contributed by atoms with Gasteiger partial charge in [-0.25, -0.2) is 4.79 Å². The number of carbonyl (C=O) groups is 9. The molecule has 0 aliphatic carbocycles. The average molecular weight is 1520 g/mol. The van der Waals surface area contributed by atoms with Crippen LogP contribution >= 0.6 is 0 Å². The number of imide groups is 1. The summed E-state index contributed by atoms with van der Waals surface area (Å²) in [5.74, 6) is -1.62. The number of Topliss-reactive ketones (excluding diaryl/α,β-unsaturated/α-hetero) is 1. The molecule has 5 aliphatic rings. The molecule has 594 valence electrons. The molecule has 5 heterocycles. The lowest BCUT2D eigenvalue weighted by molar-refractivity contribution is -0.137. The van der Waals surface area contributed by atoms with Gasteiger partial charge in [0.05, 0.1) is 174 Å². The molecule has 0 fully saturated rings. The van der Waals surface area contributed by atoms with Crippen molar-refractivity contribution in [2.45, 2.75) is 117 Å². The molecule has 109 heavy (non-hydrogen) atoms. The van der Waals surface area contributed by atoms with E-state index in [0.29, 0.717) is 195 Å². The second-order valence-electron chi connectivity index (χ2n) is 26.6. The zero-order valence-corrected chi connectivity index (χ0v) is 63.3. The molecule has 31 heteroatoms. The quantitative estimate of drug-likeness (QED) is 0.0343. The van der Waals surface area contributed by atoms with Gasteiger partial charge in [-0.3, -0.25) is 53.2 Å². The van der Waals surface area contributed by atoms with Gasteiger partial charge in [0.2, 0.25) is 17.7 Å². The molecule has 8 rings (SSSR count). The molecule has 3 aromatic carbocycles. The molecule has 0 radical (unpaired) electrons. The van der Waals surface area contributed by atoms with E-state index in [1.165, 1.54) is 12.2 Å². The molecular formula is C78H105N9O22. The van der Waals surface area contributed by atoms with E-state index in [9.17, 15) is 43.2 Å². The lowest BCUT2D eigenvalue weighted by atomic mass is 9.95. The van der Waals surface area contributed by atoms with Gasteiger partial charge < -0.3 is 92.6 Å². The van der Waals surface area contributed by atoms with Crippen LogP contribution in [0.1, 0.15) is 124 Å². The number of amides is 8. The van der Waals surface area contributed by atoms with Crippen LogP contribution in [0, 0.1) is 5.92 Å². The van der Waals surface area contributed by atoms with Gasteiger partial charge in [-0.05, 0) is 81.5 Å². The summed E-state index contributed by atoms with van der Waals surface area (Å²) in [6.07, 6.45) is 13.1. The van der Waals surface area contributed by atoms with E-state index < -0.39 is 35.8 Å². The summed E-state index contributed by atoms with van der Waals surface area (Å²) in [6.45, 7) is 16.1. The normalized spacial score (nSPS) is 16.0. The fourth-order valence-electron chi connectivity index (χ4n) is 11.8. The average Bonchev–Trinajstić information content (AvgIpc) is 1.68. The molecule has 0 spiro atoms. The number of fused-ring (bicyclic) bond motifs is 4. The zero-order valence-electron chi connectivity index (χ0n) is 63.3. The van der Waals surface area contributed by atoms with Gasteiger partial charge in [0.1, 0.15) is 12.6 Å². The standard InChI is InChI=1S/C78H105N9O22/c1-53(2)74(84-71(90)18-25-98-27-29-100-31-33-102-35-37-104-39-40-105-38-36-103-34-32-101-30-28-99-26-20-79-70(89)17-21-85-72(91)15-16-73(85)92)75(93)83-49-65(88)56(5)58-13-11-57(12-14-58)52-109-78(96)80-19-10-24-108-67-44-62-64(82-48-60-42-55(4)51-87(60)77(62)95)46-69(67)107-23-9-7-8-22-106-68-45-63-61(43-66(68)97-6)76(94)86-50-54(3)41-59(86)47-81-63/h11-16,43-48,50-51,53,56,59-60,74H,7-10,17-42,49,52H2,1-6H3,(H,79,89)(H,80,96)(H,83,93)(H,84,90)/t56-,59-,60?,74-/m0/s1. The molecule has 5 aliphatic heterocycles. The van der Waals surface area contributed by atoms with Crippen LogP contribution in [0.3, 0.4) is 0 Å². The van der Waals surface area contributed by atoms with Crippen molar-refractivity contribution in [1.29, 1.82) is 0 Å². The maximum Gasteiger partial charge on any atom is 0.407 e. The van der Waals surface area contributed by atoms with Crippen LogP contribution in [0.4, 0.5) is 16.2 Å².